The number of halogens is 2. The normalized spacial score (nSPS) is 10.8. The van der Waals surface area contributed by atoms with E-state index in [2.05, 4.69) is 4.98 Å². The number of hydrogen-bond acceptors (Lipinski definition) is 3. The predicted molar refractivity (Wildman–Crippen MR) is 76.3 cm³/mol. The van der Waals surface area contributed by atoms with Gasteiger partial charge in [0.05, 0.1) is 6.20 Å². The summed E-state index contributed by atoms with van der Waals surface area (Å²) in [4.78, 5) is 5.61. The van der Waals surface area contributed by atoms with Crippen LogP contribution in [-0.2, 0) is 6.54 Å². The first-order valence-corrected chi connectivity index (χ1v) is 6.40. The lowest BCUT2D eigenvalue weighted by Crippen LogP contribution is -2.32. The molecule has 0 saturated carbocycles. The Labute approximate surface area is 117 Å². The third-order valence-electron chi connectivity index (χ3n) is 3.08. The number of para-hydroxylation sites is 1. The highest BCUT2D eigenvalue weighted by Gasteiger charge is 2.18. The van der Waals surface area contributed by atoms with Gasteiger partial charge in [0, 0.05) is 24.3 Å². The molecule has 5 heteroatoms. The van der Waals surface area contributed by atoms with Crippen LogP contribution in [0.25, 0.3) is 0 Å². The maximum atomic E-state index is 13.9. The zero-order valence-corrected chi connectivity index (χ0v) is 11.5. The Morgan fingerprint density at radius 3 is 2.55 bits per heavy atom. The fourth-order valence-electron chi connectivity index (χ4n) is 1.98. The average molecular weight is 277 g/mol. The Morgan fingerprint density at radius 2 is 1.95 bits per heavy atom. The molecule has 0 aliphatic rings. The molecule has 1 aromatic heterocycles. The van der Waals surface area contributed by atoms with Crippen LogP contribution in [0.4, 0.5) is 20.3 Å². The third-order valence-corrected chi connectivity index (χ3v) is 3.08. The summed E-state index contributed by atoms with van der Waals surface area (Å²) in [5.41, 5.74) is 7.43. The number of nitrogens with two attached hydrogens (primary N) is 1. The van der Waals surface area contributed by atoms with Crippen molar-refractivity contribution in [2.75, 3.05) is 10.6 Å². The molecule has 0 bridgehead atoms. The molecule has 20 heavy (non-hydrogen) atoms. The zero-order chi connectivity index (χ0) is 14.7. The highest BCUT2D eigenvalue weighted by molar-refractivity contribution is 5.50. The van der Waals surface area contributed by atoms with Crippen LogP contribution in [0.3, 0.4) is 0 Å². The van der Waals surface area contributed by atoms with Crippen LogP contribution in [0.5, 0.6) is 0 Å². The molecule has 0 atom stereocenters. The van der Waals surface area contributed by atoms with Gasteiger partial charge >= 0.3 is 0 Å². The first-order valence-electron chi connectivity index (χ1n) is 6.40. The van der Waals surface area contributed by atoms with Gasteiger partial charge in [-0.3, -0.25) is 0 Å². The van der Waals surface area contributed by atoms with Crippen molar-refractivity contribution in [3.63, 3.8) is 0 Å². The maximum Gasteiger partial charge on any atom is 0.168 e. The second-order valence-corrected chi connectivity index (χ2v) is 4.88. The van der Waals surface area contributed by atoms with Crippen LogP contribution in [0, 0.1) is 11.6 Å². The van der Waals surface area contributed by atoms with E-state index in [1.165, 1.54) is 0 Å². The summed E-state index contributed by atoms with van der Waals surface area (Å²) in [5, 5.41) is 0. The highest BCUT2D eigenvalue weighted by Crippen LogP contribution is 2.23. The van der Waals surface area contributed by atoms with Gasteiger partial charge in [-0.15, -0.1) is 0 Å². The van der Waals surface area contributed by atoms with Crippen molar-refractivity contribution in [1.29, 1.82) is 0 Å². The second kappa shape index (κ2) is 5.86. The molecule has 0 fully saturated rings. The standard InChI is InChI=1S/C15H17F2N3/c1-10(2)20(9-11-5-3-4-6-14(11)18)15-13(17)7-12(16)8-19-15/h3-8,10H,9,18H2,1-2H3. The van der Waals surface area contributed by atoms with Crippen molar-refractivity contribution in [2.45, 2.75) is 26.4 Å². The molecular formula is C15H17F2N3. The van der Waals surface area contributed by atoms with E-state index in [1.54, 1.807) is 11.0 Å². The summed E-state index contributed by atoms with van der Waals surface area (Å²) in [6, 6.07) is 8.23. The Hall–Kier alpha value is -2.17. The lowest BCUT2D eigenvalue weighted by Gasteiger charge is -2.28. The summed E-state index contributed by atoms with van der Waals surface area (Å²) in [6.07, 6.45) is 1.02. The zero-order valence-electron chi connectivity index (χ0n) is 11.5. The number of nitrogen functional groups attached to an aromatic ring is 1. The largest absolute Gasteiger partial charge is 0.398 e. The lowest BCUT2D eigenvalue weighted by molar-refractivity contribution is 0.556. The van der Waals surface area contributed by atoms with E-state index < -0.39 is 11.6 Å². The quantitative estimate of drug-likeness (QED) is 0.871. The van der Waals surface area contributed by atoms with Crippen molar-refractivity contribution in [3.05, 3.63) is 53.7 Å². The number of benzene rings is 1. The molecule has 3 nitrogen and oxygen atoms in total. The fourth-order valence-corrected chi connectivity index (χ4v) is 1.98. The molecule has 0 aliphatic carbocycles. The summed E-state index contributed by atoms with van der Waals surface area (Å²) in [5.74, 6) is -1.23. The van der Waals surface area contributed by atoms with E-state index in [0.29, 0.717) is 12.2 Å². The number of aromatic nitrogens is 1. The maximum absolute atomic E-state index is 13.9. The minimum atomic E-state index is -0.686. The average Bonchev–Trinajstić information content (AvgIpc) is 2.38. The fraction of sp³-hybridized carbons (Fsp3) is 0.267. The number of anilines is 2. The highest BCUT2D eigenvalue weighted by atomic mass is 19.1. The minimum absolute atomic E-state index is 0.00191. The Balaban J connectivity index is 2.35. The molecule has 0 saturated heterocycles. The van der Waals surface area contributed by atoms with Gasteiger partial charge in [-0.25, -0.2) is 13.8 Å². The molecule has 106 valence electrons. The van der Waals surface area contributed by atoms with Crippen LogP contribution < -0.4 is 10.6 Å². The van der Waals surface area contributed by atoms with E-state index in [4.69, 9.17) is 5.73 Å². The SMILES string of the molecule is CC(C)N(Cc1ccccc1N)c1ncc(F)cc1F. The first kappa shape index (κ1) is 14.2. The van der Waals surface area contributed by atoms with Gasteiger partial charge in [0.1, 0.15) is 5.82 Å². The molecule has 0 radical (unpaired) electrons. The molecule has 1 aromatic carbocycles. The van der Waals surface area contributed by atoms with Crippen LogP contribution in [0.2, 0.25) is 0 Å². The van der Waals surface area contributed by atoms with E-state index in [-0.39, 0.29) is 11.9 Å². The summed E-state index contributed by atoms with van der Waals surface area (Å²) in [7, 11) is 0. The van der Waals surface area contributed by atoms with Crippen LogP contribution in [0.15, 0.2) is 36.5 Å². The van der Waals surface area contributed by atoms with Gasteiger partial charge in [0.15, 0.2) is 11.6 Å². The smallest absolute Gasteiger partial charge is 0.168 e. The Morgan fingerprint density at radius 1 is 1.25 bits per heavy atom. The van der Waals surface area contributed by atoms with Gasteiger partial charge in [-0.2, -0.15) is 0 Å². The van der Waals surface area contributed by atoms with Crippen molar-refractivity contribution in [2.24, 2.45) is 0 Å². The van der Waals surface area contributed by atoms with Crippen LogP contribution >= 0.6 is 0 Å². The number of pyridine rings is 1. The van der Waals surface area contributed by atoms with E-state index in [9.17, 15) is 8.78 Å². The van der Waals surface area contributed by atoms with Crippen molar-refractivity contribution < 1.29 is 8.78 Å². The molecule has 2 N–H and O–H groups in total. The number of rotatable bonds is 4. The molecular weight excluding hydrogens is 260 g/mol. The monoisotopic (exact) mass is 277 g/mol. The molecule has 0 spiro atoms. The van der Waals surface area contributed by atoms with Crippen LogP contribution in [-0.4, -0.2) is 11.0 Å². The van der Waals surface area contributed by atoms with Crippen molar-refractivity contribution >= 4 is 11.5 Å². The molecule has 2 rings (SSSR count). The molecule has 1 heterocycles. The number of hydrogen-bond donors (Lipinski definition) is 1. The summed E-state index contributed by atoms with van der Waals surface area (Å²) >= 11 is 0. The van der Waals surface area contributed by atoms with Crippen LogP contribution in [0.1, 0.15) is 19.4 Å². The van der Waals surface area contributed by atoms with Gasteiger partial charge in [0.2, 0.25) is 0 Å². The first-order chi connectivity index (χ1) is 9.49. The Bertz CT molecular complexity index is 599. The van der Waals surface area contributed by atoms with E-state index in [1.807, 2.05) is 32.0 Å². The lowest BCUT2D eigenvalue weighted by atomic mass is 10.1. The van der Waals surface area contributed by atoms with Gasteiger partial charge < -0.3 is 10.6 Å². The molecule has 0 unspecified atom stereocenters. The molecule has 2 aromatic rings. The molecule has 0 aliphatic heterocycles. The topological polar surface area (TPSA) is 42.1 Å². The van der Waals surface area contributed by atoms with Gasteiger partial charge in [0.25, 0.3) is 0 Å². The van der Waals surface area contributed by atoms with Gasteiger partial charge in [-0.05, 0) is 25.5 Å². The van der Waals surface area contributed by atoms with Crippen molar-refractivity contribution in [1.82, 2.24) is 4.98 Å². The number of nitrogens with zero attached hydrogens (tertiary/aromatic N) is 2. The predicted octanol–water partition coefficient (Wildman–Crippen LogP) is 3.36. The minimum Gasteiger partial charge on any atom is -0.398 e. The summed E-state index contributed by atoms with van der Waals surface area (Å²) < 4.78 is 26.9. The summed E-state index contributed by atoms with van der Waals surface area (Å²) in [6.45, 7) is 4.26. The van der Waals surface area contributed by atoms with Crippen molar-refractivity contribution in [3.8, 4) is 0 Å². The third kappa shape index (κ3) is 3.04. The Kier molecular flexibility index (Phi) is 4.17. The molecule has 0 amide bonds. The second-order valence-electron chi connectivity index (χ2n) is 4.88. The van der Waals surface area contributed by atoms with Gasteiger partial charge in [-0.1, -0.05) is 18.2 Å². The van der Waals surface area contributed by atoms with E-state index >= 15 is 0 Å². The van der Waals surface area contributed by atoms with E-state index in [0.717, 1.165) is 17.8 Å².